The fourth-order valence-electron chi connectivity index (χ4n) is 2.47. The molecular formula is C14H24N2O. The van der Waals surface area contributed by atoms with Crippen LogP contribution in [-0.2, 0) is 6.42 Å². The third-order valence-corrected chi connectivity index (χ3v) is 3.48. The molecule has 0 aliphatic carbocycles. The van der Waals surface area contributed by atoms with Gasteiger partial charge in [-0.1, -0.05) is 6.42 Å². The molecule has 17 heavy (non-hydrogen) atoms. The van der Waals surface area contributed by atoms with Gasteiger partial charge in [-0.25, -0.2) is 0 Å². The third kappa shape index (κ3) is 4.17. The summed E-state index contributed by atoms with van der Waals surface area (Å²) in [5, 5.41) is 3.59. The molecule has 3 heteroatoms. The second kappa shape index (κ2) is 6.22. The van der Waals surface area contributed by atoms with Crippen molar-refractivity contribution in [2.45, 2.75) is 38.6 Å². The summed E-state index contributed by atoms with van der Waals surface area (Å²) in [7, 11) is 2.20. The first-order chi connectivity index (χ1) is 8.24. The zero-order valence-corrected chi connectivity index (χ0v) is 11.0. The number of nitrogens with zero attached hydrogens (tertiary/aromatic N) is 1. The maximum Gasteiger partial charge on any atom is 0.105 e. The molecule has 3 nitrogen and oxygen atoms in total. The summed E-state index contributed by atoms with van der Waals surface area (Å²) in [4.78, 5) is 2.40. The number of rotatable bonds is 5. The Balaban J connectivity index is 1.68. The summed E-state index contributed by atoms with van der Waals surface area (Å²) in [6.07, 6.45) is 5.05. The summed E-state index contributed by atoms with van der Waals surface area (Å²) in [5.74, 6) is 2.11. The fourth-order valence-corrected chi connectivity index (χ4v) is 2.47. The van der Waals surface area contributed by atoms with Crippen molar-refractivity contribution < 1.29 is 4.42 Å². The topological polar surface area (TPSA) is 28.4 Å². The van der Waals surface area contributed by atoms with Crippen molar-refractivity contribution in [2.75, 3.05) is 26.7 Å². The van der Waals surface area contributed by atoms with E-state index in [1.54, 1.807) is 0 Å². The van der Waals surface area contributed by atoms with Gasteiger partial charge in [0.2, 0.25) is 0 Å². The van der Waals surface area contributed by atoms with Crippen LogP contribution >= 0.6 is 0 Å². The molecule has 2 heterocycles. The highest BCUT2D eigenvalue weighted by molar-refractivity contribution is 5.05. The van der Waals surface area contributed by atoms with Crippen LogP contribution in [0.25, 0.3) is 0 Å². The second-order valence-electron chi connectivity index (χ2n) is 5.17. The Morgan fingerprint density at radius 1 is 1.41 bits per heavy atom. The number of aryl methyl sites for hydroxylation is 1. The predicted octanol–water partition coefficient (Wildman–Crippen LogP) is 2.20. The monoisotopic (exact) mass is 236 g/mol. The smallest absolute Gasteiger partial charge is 0.105 e. The fraction of sp³-hybridized carbons (Fsp3) is 0.714. The van der Waals surface area contributed by atoms with Crippen LogP contribution in [0.4, 0.5) is 0 Å². The third-order valence-electron chi connectivity index (χ3n) is 3.48. The molecule has 1 aromatic heterocycles. The van der Waals surface area contributed by atoms with Crippen molar-refractivity contribution >= 4 is 0 Å². The van der Waals surface area contributed by atoms with Crippen LogP contribution in [0, 0.1) is 6.92 Å². The van der Waals surface area contributed by atoms with Crippen molar-refractivity contribution in [3.63, 3.8) is 0 Å². The molecule has 1 unspecified atom stereocenters. The molecule has 96 valence electrons. The van der Waals surface area contributed by atoms with E-state index in [2.05, 4.69) is 23.3 Å². The van der Waals surface area contributed by atoms with E-state index < -0.39 is 0 Å². The molecule has 1 saturated heterocycles. The van der Waals surface area contributed by atoms with E-state index in [0.29, 0.717) is 6.04 Å². The molecule has 1 aromatic rings. The maximum absolute atomic E-state index is 5.58. The highest BCUT2D eigenvalue weighted by atomic mass is 16.3. The minimum atomic E-state index is 0.687. The van der Waals surface area contributed by atoms with E-state index in [9.17, 15) is 0 Å². The molecule has 2 rings (SSSR count). The predicted molar refractivity (Wildman–Crippen MR) is 70.3 cm³/mol. The number of nitrogens with one attached hydrogen (secondary N) is 1. The van der Waals surface area contributed by atoms with Crippen molar-refractivity contribution in [3.8, 4) is 0 Å². The lowest BCUT2D eigenvalue weighted by molar-refractivity contribution is 0.260. The average molecular weight is 236 g/mol. The van der Waals surface area contributed by atoms with Gasteiger partial charge in [0.1, 0.15) is 11.5 Å². The molecule has 1 aliphatic rings. The molecular weight excluding hydrogens is 212 g/mol. The van der Waals surface area contributed by atoms with E-state index >= 15 is 0 Å². The van der Waals surface area contributed by atoms with Crippen LogP contribution in [0.3, 0.4) is 0 Å². The summed E-state index contributed by atoms with van der Waals surface area (Å²) in [6, 6.07) is 4.81. The molecule has 0 aromatic carbocycles. The van der Waals surface area contributed by atoms with Crippen LogP contribution in [0.1, 0.15) is 30.8 Å². The molecule has 1 N–H and O–H groups in total. The van der Waals surface area contributed by atoms with Gasteiger partial charge < -0.3 is 14.6 Å². The molecule has 0 radical (unpaired) electrons. The minimum Gasteiger partial charge on any atom is -0.466 e. The first kappa shape index (κ1) is 12.7. The molecule has 1 atom stereocenters. The highest BCUT2D eigenvalue weighted by Crippen LogP contribution is 2.10. The molecule has 0 saturated carbocycles. The molecule has 0 spiro atoms. The van der Waals surface area contributed by atoms with Gasteiger partial charge in [-0.3, -0.25) is 0 Å². The van der Waals surface area contributed by atoms with Crippen LogP contribution in [0.15, 0.2) is 16.5 Å². The summed E-state index contributed by atoms with van der Waals surface area (Å²) >= 11 is 0. The number of piperidine rings is 1. The second-order valence-corrected chi connectivity index (χ2v) is 5.17. The van der Waals surface area contributed by atoms with E-state index in [1.165, 1.54) is 25.8 Å². The van der Waals surface area contributed by atoms with Gasteiger partial charge in [-0.05, 0) is 45.5 Å². The zero-order chi connectivity index (χ0) is 12.1. The van der Waals surface area contributed by atoms with Gasteiger partial charge >= 0.3 is 0 Å². The zero-order valence-electron chi connectivity index (χ0n) is 11.0. The molecule has 1 fully saturated rings. The van der Waals surface area contributed by atoms with E-state index in [-0.39, 0.29) is 0 Å². The Morgan fingerprint density at radius 3 is 2.94 bits per heavy atom. The van der Waals surface area contributed by atoms with Crippen molar-refractivity contribution in [3.05, 3.63) is 23.7 Å². The number of hydrogen-bond acceptors (Lipinski definition) is 3. The average Bonchev–Trinajstić information content (AvgIpc) is 2.74. The summed E-state index contributed by atoms with van der Waals surface area (Å²) < 4.78 is 5.58. The standard InChI is InChI=1S/C14H24N2O/c1-12-6-7-14(17-12)8-10-16(2)11-13-5-3-4-9-15-13/h6-7,13,15H,3-5,8-11H2,1-2H3. The van der Waals surface area contributed by atoms with Gasteiger partial charge in [-0.15, -0.1) is 0 Å². The number of likely N-dealkylation sites (N-methyl/N-ethyl adjacent to an activating group) is 1. The quantitative estimate of drug-likeness (QED) is 0.849. The Kier molecular flexibility index (Phi) is 4.63. The van der Waals surface area contributed by atoms with Gasteiger partial charge in [0, 0.05) is 25.6 Å². The van der Waals surface area contributed by atoms with Gasteiger partial charge in [0.25, 0.3) is 0 Å². The lowest BCUT2D eigenvalue weighted by Crippen LogP contribution is -2.42. The van der Waals surface area contributed by atoms with Crippen LogP contribution in [0.5, 0.6) is 0 Å². The van der Waals surface area contributed by atoms with E-state index in [0.717, 1.165) is 31.0 Å². The maximum atomic E-state index is 5.58. The summed E-state index contributed by atoms with van der Waals surface area (Å²) in [6.45, 7) is 5.42. The largest absolute Gasteiger partial charge is 0.466 e. The van der Waals surface area contributed by atoms with Crippen LogP contribution in [0.2, 0.25) is 0 Å². The normalized spacial score (nSPS) is 21.0. The Labute approximate surface area is 104 Å². The molecule has 1 aliphatic heterocycles. The van der Waals surface area contributed by atoms with E-state index in [4.69, 9.17) is 4.42 Å². The Bertz CT molecular complexity index is 329. The first-order valence-corrected chi connectivity index (χ1v) is 6.71. The molecule has 0 bridgehead atoms. The van der Waals surface area contributed by atoms with Crippen LogP contribution in [-0.4, -0.2) is 37.6 Å². The van der Waals surface area contributed by atoms with Crippen molar-refractivity contribution in [1.29, 1.82) is 0 Å². The van der Waals surface area contributed by atoms with Gasteiger partial charge in [-0.2, -0.15) is 0 Å². The first-order valence-electron chi connectivity index (χ1n) is 6.71. The lowest BCUT2D eigenvalue weighted by Gasteiger charge is -2.28. The molecule has 0 amide bonds. The van der Waals surface area contributed by atoms with Crippen molar-refractivity contribution in [2.24, 2.45) is 0 Å². The lowest BCUT2D eigenvalue weighted by atomic mass is 10.0. The van der Waals surface area contributed by atoms with Crippen LogP contribution < -0.4 is 5.32 Å². The highest BCUT2D eigenvalue weighted by Gasteiger charge is 2.14. The number of hydrogen-bond donors (Lipinski definition) is 1. The van der Waals surface area contributed by atoms with Gasteiger partial charge in [0.15, 0.2) is 0 Å². The van der Waals surface area contributed by atoms with Gasteiger partial charge in [0.05, 0.1) is 0 Å². The summed E-state index contributed by atoms with van der Waals surface area (Å²) in [5.41, 5.74) is 0. The SMILES string of the molecule is Cc1ccc(CCN(C)CC2CCCCN2)o1. The Morgan fingerprint density at radius 2 is 2.29 bits per heavy atom. The Hall–Kier alpha value is -0.800. The number of furan rings is 1. The minimum absolute atomic E-state index is 0.687. The van der Waals surface area contributed by atoms with Crippen molar-refractivity contribution in [1.82, 2.24) is 10.2 Å². The van der Waals surface area contributed by atoms with E-state index in [1.807, 2.05) is 13.0 Å².